The second-order valence-corrected chi connectivity index (χ2v) is 5.37. The van der Waals surface area contributed by atoms with Gasteiger partial charge in [0.15, 0.2) is 0 Å². The van der Waals surface area contributed by atoms with E-state index in [9.17, 15) is 39.6 Å². The Hall–Kier alpha value is -3.68. The lowest BCUT2D eigenvalue weighted by atomic mass is 9.86. The maximum atomic E-state index is 11.7. The van der Waals surface area contributed by atoms with Crippen LogP contribution in [0.15, 0.2) is 30.3 Å². The molecular weight excluding hydrogens is 344 g/mol. The van der Waals surface area contributed by atoms with Crippen molar-refractivity contribution in [2.24, 2.45) is 0 Å². The standard InChI is InChI=1S/C18H14O8/c1-2-8-4-3-5-9(6-8)12-13(17(23)24)10(15(19)20)7-11(16(21)22)14(12)18(25)26/h3-7H,2H2,1H3,(H,19,20)(H,21,22)(H,23,24)(H,25,26). The van der Waals surface area contributed by atoms with Gasteiger partial charge in [0.05, 0.1) is 22.3 Å². The molecule has 0 atom stereocenters. The van der Waals surface area contributed by atoms with Crippen LogP contribution < -0.4 is 0 Å². The second kappa shape index (κ2) is 7.06. The van der Waals surface area contributed by atoms with Crippen LogP contribution in [-0.4, -0.2) is 44.3 Å². The van der Waals surface area contributed by atoms with Crippen LogP contribution in [0.1, 0.15) is 53.9 Å². The van der Waals surface area contributed by atoms with E-state index in [2.05, 4.69) is 0 Å². The number of benzene rings is 2. The highest BCUT2D eigenvalue weighted by atomic mass is 16.4. The van der Waals surface area contributed by atoms with Gasteiger partial charge in [0.1, 0.15) is 0 Å². The molecule has 0 saturated carbocycles. The summed E-state index contributed by atoms with van der Waals surface area (Å²) in [6.07, 6.45) is 0.559. The normalized spacial score (nSPS) is 10.3. The quantitative estimate of drug-likeness (QED) is 0.615. The Balaban J connectivity index is 3.11. The summed E-state index contributed by atoms with van der Waals surface area (Å²) in [6, 6.07) is 6.75. The summed E-state index contributed by atoms with van der Waals surface area (Å²) in [5, 5.41) is 37.7. The second-order valence-electron chi connectivity index (χ2n) is 5.37. The largest absolute Gasteiger partial charge is 0.478 e. The lowest BCUT2D eigenvalue weighted by molar-refractivity contribution is 0.0638. The lowest BCUT2D eigenvalue weighted by Gasteiger charge is -2.16. The van der Waals surface area contributed by atoms with Gasteiger partial charge in [-0.25, -0.2) is 19.2 Å². The molecular formula is C18H14O8. The van der Waals surface area contributed by atoms with Gasteiger partial charge in [-0.3, -0.25) is 0 Å². The van der Waals surface area contributed by atoms with Gasteiger partial charge in [-0.2, -0.15) is 0 Å². The number of carboxylic acid groups (broad SMARTS) is 4. The van der Waals surface area contributed by atoms with Crippen LogP contribution in [0.25, 0.3) is 11.1 Å². The molecule has 0 heterocycles. The van der Waals surface area contributed by atoms with E-state index in [1.54, 1.807) is 12.1 Å². The van der Waals surface area contributed by atoms with E-state index in [1.165, 1.54) is 12.1 Å². The zero-order valence-electron chi connectivity index (χ0n) is 13.5. The maximum absolute atomic E-state index is 11.7. The van der Waals surface area contributed by atoms with Crippen molar-refractivity contribution in [2.75, 3.05) is 0 Å². The third-order valence-electron chi connectivity index (χ3n) is 3.84. The minimum atomic E-state index is -1.67. The van der Waals surface area contributed by atoms with Crippen LogP contribution >= 0.6 is 0 Å². The molecule has 134 valence electrons. The zero-order chi connectivity index (χ0) is 19.6. The van der Waals surface area contributed by atoms with Crippen LogP contribution in [0.3, 0.4) is 0 Å². The number of aryl methyl sites for hydroxylation is 1. The van der Waals surface area contributed by atoms with E-state index in [4.69, 9.17) is 0 Å². The van der Waals surface area contributed by atoms with E-state index in [-0.39, 0.29) is 5.56 Å². The fourth-order valence-electron chi connectivity index (χ4n) is 2.70. The van der Waals surface area contributed by atoms with Gasteiger partial charge >= 0.3 is 23.9 Å². The van der Waals surface area contributed by atoms with Crippen molar-refractivity contribution >= 4 is 23.9 Å². The van der Waals surface area contributed by atoms with Gasteiger partial charge < -0.3 is 20.4 Å². The fraction of sp³-hybridized carbons (Fsp3) is 0.111. The Morgan fingerprint density at radius 3 is 1.65 bits per heavy atom. The molecule has 4 N–H and O–H groups in total. The molecule has 0 radical (unpaired) electrons. The first-order chi connectivity index (χ1) is 12.2. The predicted molar refractivity (Wildman–Crippen MR) is 89.1 cm³/mol. The summed E-state index contributed by atoms with van der Waals surface area (Å²) in [7, 11) is 0. The topological polar surface area (TPSA) is 149 Å². The molecule has 0 aliphatic heterocycles. The van der Waals surface area contributed by atoms with Crippen molar-refractivity contribution in [1.29, 1.82) is 0 Å². The molecule has 0 bridgehead atoms. The van der Waals surface area contributed by atoms with Crippen LogP contribution in [0, 0.1) is 0 Å². The molecule has 0 aliphatic carbocycles. The Labute approximate surface area is 147 Å². The first-order valence-electron chi connectivity index (χ1n) is 7.42. The van der Waals surface area contributed by atoms with E-state index < -0.39 is 51.7 Å². The Bertz CT molecular complexity index is 892. The van der Waals surface area contributed by atoms with Crippen LogP contribution in [-0.2, 0) is 6.42 Å². The number of hydrogen-bond donors (Lipinski definition) is 4. The van der Waals surface area contributed by atoms with Gasteiger partial charge in [0.2, 0.25) is 0 Å². The lowest BCUT2D eigenvalue weighted by Crippen LogP contribution is -2.18. The molecule has 2 aromatic rings. The SMILES string of the molecule is CCc1cccc(-c2c(C(=O)O)c(C(=O)O)cc(C(=O)O)c2C(=O)O)c1. The Morgan fingerprint density at radius 1 is 0.769 bits per heavy atom. The molecule has 8 heteroatoms. The van der Waals surface area contributed by atoms with Crippen LogP contribution in [0.5, 0.6) is 0 Å². The van der Waals surface area contributed by atoms with Crippen molar-refractivity contribution in [3.63, 3.8) is 0 Å². The predicted octanol–water partition coefficient (Wildman–Crippen LogP) is 2.71. The first-order valence-corrected chi connectivity index (χ1v) is 7.42. The minimum Gasteiger partial charge on any atom is -0.478 e. The van der Waals surface area contributed by atoms with Crippen LogP contribution in [0.4, 0.5) is 0 Å². The number of rotatable bonds is 6. The average molecular weight is 358 g/mol. The number of aromatic carboxylic acids is 4. The molecule has 2 rings (SSSR count). The van der Waals surface area contributed by atoms with Gasteiger partial charge in [0.25, 0.3) is 0 Å². The summed E-state index contributed by atoms with van der Waals surface area (Å²) in [4.78, 5) is 46.4. The molecule has 0 aliphatic rings. The van der Waals surface area contributed by atoms with Gasteiger partial charge in [-0.15, -0.1) is 0 Å². The van der Waals surface area contributed by atoms with Gasteiger partial charge in [-0.1, -0.05) is 31.2 Å². The molecule has 0 saturated heterocycles. The molecule has 0 spiro atoms. The van der Waals surface area contributed by atoms with Crippen molar-refractivity contribution in [3.05, 3.63) is 58.1 Å². The molecule has 26 heavy (non-hydrogen) atoms. The molecule has 0 fully saturated rings. The molecule has 2 aromatic carbocycles. The summed E-state index contributed by atoms with van der Waals surface area (Å²) in [5.74, 6) is -6.68. The summed E-state index contributed by atoms with van der Waals surface area (Å²) in [6.45, 7) is 1.83. The van der Waals surface area contributed by atoms with E-state index >= 15 is 0 Å². The minimum absolute atomic E-state index is 0.116. The van der Waals surface area contributed by atoms with E-state index in [0.29, 0.717) is 12.5 Å². The van der Waals surface area contributed by atoms with Gasteiger partial charge in [0, 0.05) is 5.56 Å². The average Bonchev–Trinajstić information content (AvgIpc) is 2.59. The van der Waals surface area contributed by atoms with Crippen LogP contribution in [0.2, 0.25) is 0 Å². The van der Waals surface area contributed by atoms with E-state index in [0.717, 1.165) is 5.56 Å². The van der Waals surface area contributed by atoms with Crippen molar-refractivity contribution in [2.45, 2.75) is 13.3 Å². The number of hydrogen-bond acceptors (Lipinski definition) is 4. The van der Waals surface area contributed by atoms with Crippen molar-refractivity contribution in [3.8, 4) is 11.1 Å². The number of carboxylic acids is 4. The Morgan fingerprint density at radius 2 is 1.27 bits per heavy atom. The Kier molecular flexibility index (Phi) is 5.06. The third kappa shape index (κ3) is 3.25. The molecule has 0 aromatic heterocycles. The summed E-state index contributed by atoms with van der Waals surface area (Å²) < 4.78 is 0. The molecule has 0 unspecified atom stereocenters. The molecule has 8 nitrogen and oxygen atoms in total. The van der Waals surface area contributed by atoms with Crippen molar-refractivity contribution in [1.82, 2.24) is 0 Å². The van der Waals surface area contributed by atoms with Gasteiger partial charge in [-0.05, 0) is 23.6 Å². The van der Waals surface area contributed by atoms with Crippen molar-refractivity contribution < 1.29 is 39.6 Å². The van der Waals surface area contributed by atoms with E-state index in [1.807, 2.05) is 6.92 Å². The maximum Gasteiger partial charge on any atom is 0.337 e. The highest BCUT2D eigenvalue weighted by Crippen LogP contribution is 2.34. The summed E-state index contributed by atoms with van der Waals surface area (Å²) >= 11 is 0. The highest BCUT2D eigenvalue weighted by molar-refractivity contribution is 6.15. The monoisotopic (exact) mass is 358 g/mol. The summed E-state index contributed by atoms with van der Waals surface area (Å²) in [5.41, 5.74) is -2.72. The smallest absolute Gasteiger partial charge is 0.337 e. The number of carbonyl (C=O) groups is 4. The first kappa shape index (κ1) is 18.7. The molecule has 0 amide bonds. The fourth-order valence-corrected chi connectivity index (χ4v) is 2.70. The third-order valence-corrected chi connectivity index (χ3v) is 3.84. The highest BCUT2D eigenvalue weighted by Gasteiger charge is 2.31. The zero-order valence-corrected chi connectivity index (χ0v) is 13.5.